The second-order valence-corrected chi connectivity index (χ2v) is 10.9. The van der Waals surface area contributed by atoms with Gasteiger partial charge in [-0.2, -0.15) is 0 Å². The Balaban J connectivity index is 1.55. The topological polar surface area (TPSA) is 35.5 Å². The number of aryl methyl sites for hydroxylation is 1. The molecule has 0 fully saturated rings. The first-order valence-electron chi connectivity index (χ1n) is 14.1. The lowest BCUT2D eigenvalue weighted by atomic mass is 10.0. The van der Waals surface area contributed by atoms with Gasteiger partial charge in [0.25, 0.3) is 0 Å². The lowest BCUT2D eigenvalue weighted by Gasteiger charge is -2.30. The molecule has 2 aromatic carbocycles. The van der Waals surface area contributed by atoms with Crippen LogP contribution in [0.15, 0.2) is 54.6 Å². The van der Waals surface area contributed by atoms with Gasteiger partial charge in [0, 0.05) is 12.0 Å². The van der Waals surface area contributed by atoms with Crippen molar-refractivity contribution in [2.24, 2.45) is 5.92 Å². The average Bonchev–Trinajstić information content (AvgIpc) is 2.88. The highest BCUT2D eigenvalue weighted by atomic mass is 16.6. The van der Waals surface area contributed by atoms with Gasteiger partial charge < -0.3 is 14.0 Å². The van der Waals surface area contributed by atoms with Crippen LogP contribution in [-0.4, -0.2) is 44.3 Å². The maximum Gasteiger partial charge on any atom is 0.308 e. The van der Waals surface area contributed by atoms with Crippen LogP contribution < -0.4 is 4.74 Å². The van der Waals surface area contributed by atoms with E-state index in [2.05, 4.69) is 57.4 Å². The van der Waals surface area contributed by atoms with E-state index >= 15 is 0 Å². The van der Waals surface area contributed by atoms with Gasteiger partial charge in [0.1, 0.15) is 25.5 Å². The van der Waals surface area contributed by atoms with Crippen molar-refractivity contribution in [1.29, 1.82) is 0 Å². The maximum absolute atomic E-state index is 12.4. The largest absolute Gasteiger partial charge is 0.490 e. The standard InChI is InChI=1S/C32H50NO3/c1-5-6-7-8-9-10-11-13-16-29-19-21-31(22-20-29)35-25-26-36-32(34)28(2)23-24-33(3,4)27-30-17-14-12-15-18-30/h12,14-15,17-22,28H,5-11,13,16,23-27H2,1-4H3/q+1. The molecule has 0 aromatic heterocycles. The predicted molar refractivity (Wildman–Crippen MR) is 150 cm³/mol. The summed E-state index contributed by atoms with van der Waals surface area (Å²) < 4.78 is 12.1. The van der Waals surface area contributed by atoms with Crippen LogP contribution in [0.25, 0.3) is 0 Å². The van der Waals surface area contributed by atoms with Crippen molar-refractivity contribution in [1.82, 2.24) is 0 Å². The van der Waals surface area contributed by atoms with E-state index in [4.69, 9.17) is 9.47 Å². The van der Waals surface area contributed by atoms with Crippen LogP contribution in [0.2, 0.25) is 0 Å². The van der Waals surface area contributed by atoms with Crippen molar-refractivity contribution < 1.29 is 18.8 Å². The van der Waals surface area contributed by atoms with Crippen LogP contribution in [0.3, 0.4) is 0 Å². The van der Waals surface area contributed by atoms with E-state index in [0.29, 0.717) is 6.61 Å². The number of carbonyl (C=O) groups excluding carboxylic acids is 1. The van der Waals surface area contributed by atoms with Crippen molar-refractivity contribution >= 4 is 5.97 Å². The van der Waals surface area contributed by atoms with Gasteiger partial charge in [0.05, 0.1) is 26.6 Å². The summed E-state index contributed by atoms with van der Waals surface area (Å²) in [6.45, 7) is 6.76. The van der Waals surface area contributed by atoms with Crippen LogP contribution in [0.1, 0.15) is 82.8 Å². The van der Waals surface area contributed by atoms with Crippen molar-refractivity contribution in [3.63, 3.8) is 0 Å². The number of nitrogens with zero attached hydrogens (tertiary/aromatic N) is 1. The second kappa shape index (κ2) is 17.2. The van der Waals surface area contributed by atoms with Gasteiger partial charge in [-0.05, 0) is 30.5 Å². The van der Waals surface area contributed by atoms with Gasteiger partial charge in [-0.15, -0.1) is 0 Å². The summed E-state index contributed by atoms with van der Waals surface area (Å²) in [7, 11) is 4.42. The number of ether oxygens (including phenoxy) is 2. The van der Waals surface area contributed by atoms with Crippen LogP contribution in [0, 0.1) is 5.92 Å². The van der Waals surface area contributed by atoms with Gasteiger partial charge >= 0.3 is 5.97 Å². The predicted octanol–water partition coefficient (Wildman–Crippen LogP) is 7.59. The number of quaternary nitrogens is 1. The van der Waals surface area contributed by atoms with Crippen LogP contribution in [0.4, 0.5) is 0 Å². The minimum atomic E-state index is -0.140. The third-order valence-electron chi connectivity index (χ3n) is 6.86. The zero-order chi connectivity index (χ0) is 26.1. The Morgan fingerprint density at radius 2 is 1.44 bits per heavy atom. The lowest BCUT2D eigenvalue weighted by Crippen LogP contribution is -2.40. The molecule has 2 aromatic rings. The monoisotopic (exact) mass is 496 g/mol. The highest BCUT2D eigenvalue weighted by molar-refractivity contribution is 5.71. The van der Waals surface area contributed by atoms with Gasteiger partial charge in [-0.3, -0.25) is 4.79 Å². The summed E-state index contributed by atoms with van der Waals surface area (Å²) in [5.74, 6) is 0.576. The molecule has 0 N–H and O–H groups in total. The van der Waals surface area contributed by atoms with E-state index in [0.717, 1.165) is 36.2 Å². The molecule has 0 aliphatic heterocycles. The fourth-order valence-corrected chi connectivity index (χ4v) is 4.48. The first kappa shape index (κ1) is 29.9. The van der Waals surface area contributed by atoms with Gasteiger partial charge in [-0.1, -0.05) is 101 Å². The van der Waals surface area contributed by atoms with Crippen molar-refractivity contribution in [2.75, 3.05) is 33.9 Å². The van der Waals surface area contributed by atoms with E-state index < -0.39 is 0 Å². The molecule has 0 heterocycles. The number of unbranched alkanes of at least 4 members (excludes halogenated alkanes) is 7. The quantitative estimate of drug-likeness (QED) is 0.114. The Morgan fingerprint density at radius 3 is 2.11 bits per heavy atom. The highest BCUT2D eigenvalue weighted by Gasteiger charge is 2.21. The molecule has 0 aliphatic carbocycles. The Bertz CT molecular complexity index is 832. The number of benzene rings is 2. The zero-order valence-corrected chi connectivity index (χ0v) is 23.3. The molecule has 1 atom stereocenters. The average molecular weight is 497 g/mol. The first-order valence-corrected chi connectivity index (χ1v) is 14.1. The third-order valence-corrected chi connectivity index (χ3v) is 6.86. The molecule has 2 rings (SSSR count). The van der Waals surface area contributed by atoms with Crippen LogP contribution in [-0.2, 0) is 22.5 Å². The van der Waals surface area contributed by atoms with E-state index in [9.17, 15) is 4.79 Å². The molecule has 0 spiro atoms. The molecule has 0 radical (unpaired) electrons. The third kappa shape index (κ3) is 13.1. The molecule has 200 valence electrons. The second-order valence-electron chi connectivity index (χ2n) is 10.9. The van der Waals surface area contributed by atoms with Crippen molar-refractivity contribution in [2.45, 2.75) is 84.6 Å². The summed E-state index contributed by atoms with van der Waals surface area (Å²) in [6.07, 6.45) is 12.7. The SMILES string of the molecule is CCCCCCCCCCc1ccc(OCCOC(=O)C(C)CC[N+](C)(C)Cc2ccccc2)cc1. The Hall–Kier alpha value is -2.33. The number of rotatable bonds is 19. The minimum Gasteiger partial charge on any atom is -0.490 e. The maximum atomic E-state index is 12.4. The normalized spacial score (nSPS) is 12.3. The fraction of sp³-hybridized carbons (Fsp3) is 0.594. The van der Waals surface area contributed by atoms with Crippen molar-refractivity contribution in [3.8, 4) is 5.75 Å². The van der Waals surface area contributed by atoms with Crippen LogP contribution >= 0.6 is 0 Å². The Kier molecular flexibility index (Phi) is 14.3. The Morgan fingerprint density at radius 1 is 0.806 bits per heavy atom. The molecule has 0 amide bonds. The summed E-state index contributed by atoms with van der Waals surface area (Å²) in [5, 5.41) is 0. The molecule has 0 bridgehead atoms. The molecular weight excluding hydrogens is 446 g/mol. The lowest BCUT2D eigenvalue weighted by molar-refractivity contribution is -0.904. The molecule has 0 aliphatic rings. The van der Waals surface area contributed by atoms with Crippen molar-refractivity contribution in [3.05, 3.63) is 65.7 Å². The number of hydrogen-bond donors (Lipinski definition) is 0. The van der Waals surface area contributed by atoms with Gasteiger partial charge in [0.15, 0.2) is 0 Å². The zero-order valence-electron chi connectivity index (χ0n) is 23.3. The van der Waals surface area contributed by atoms with E-state index in [1.807, 2.05) is 25.1 Å². The molecule has 4 heteroatoms. The Labute approximate surface area is 220 Å². The van der Waals surface area contributed by atoms with E-state index in [1.54, 1.807) is 0 Å². The molecule has 4 nitrogen and oxygen atoms in total. The summed E-state index contributed by atoms with van der Waals surface area (Å²) in [6, 6.07) is 18.9. The molecule has 1 unspecified atom stereocenters. The van der Waals surface area contributed by atoms with Gasteiger partial charge in [0.2, 0.25) is 0 Å². The number of hydrogen-bond acceptors (Lipinski definition) is 3. The molecule has 0 saturated carbocycles. The first-order chi connectivity index (χ1) is 17.4. The summed E-state index contributed by atoms with van der Waals surface area (Å²) >= 11 is 0. The smallest absolute Gasteiger partial charge is 0.308 e. The summed E-state index contributed by atoms with van der Waals surface area (Å²) in [4.78, 5) is 12.4. The highest BCUT2D eigenvalue weighted by Crippen LogP contribution is 2.16. The van der Waals surface area contributed by atoms with Gasteiger partial charge in [-0.25, -0.2) is 0 Å². The molecule has 36 heavy (non-hydrogen) atoms. The molecular formula is C32H50NO3+. The summed E-state index contributed by atoms with van der Waals surface area (Å²) in [5.41, 5.74) is 2.68. The van der Waals surface area contributed by atoms with Crippen LogP contribution in [0.5, 0.6) is 5.75 Å². The fourth-order valence-electron chi connectivity index (χ4n) is 4.48. The van der Waals surface area contributed by atoms with E-state index in [1.165, 1.54) is 62.5 Å². The minimum absolute atomic E-state index is 0.117. The number of carbonyl (C=O) groups is 1. The number of esters is 1. The van der Waals surface area contributed by atoms with E-state index in [-0.39, 0.29) is 18.5 Å². The molecule has 0 saturated heterocycles.